The summed E-state index contributed by atoms with van der Waals surface area (Å²) >= 11 is 0. The normalized spacial score (nSPS) is 10.4. The molecule has 0 unspecified atom stereocenters. The van der Waals surface area contributed by atoms with E-state index in [1.165, 1.54) is 0 Å². The van der Waals surface area contributed by atoms with Gasteiger partial charge in [0.05, 0.1) is 6.26 Å². The standard InChI is InChI=1S/C14H16N2O2/c15-14(17)12-4-1-3-11(9-12)10-16-7-6-13-5-2-8-18-13/h1-5,8-9,16H,6-7,10H2,(H2,15,17). The molecular weight excluding hydrogens is 228 g/mol. The summed E-state index contributed by atoms with van der Waals surface area (Å²) in [5, 5.41) is 3.29. The quantitative estimate of drug-likeness (QED) is 0.760. The lowest BCUT2D eigenvalue weighted by molar-refractivity contribution is 0.1000. The van der Waals surface area contributed by atoms with Crippen molar-refractivity contribution >= 4 is 5.91 Å². The second kappa shape index (κ2) is 6.02. The van der Waals surface area contributed by atoms with E-state index in [4.69, 9.17) is 10.2 Å². The molecule has 0 bridgehead atoms. The molecule has 0 spiro atoms. The smallest absolute Gasteiger partial charge is 0.248 e. The van der Waals surface area contributed by atoms with Gasteiger partial charge < -0.3 is 15.5 Å². The fraction of sp³-hybridized carbons (Fsp3) is 0.214. The average Bonchev–Trinajstić information content (AvgIpc) is 2.88. The number of carbonyl (C=O) groups excluding carboxylic acids is 1. The zero-order valence-electron chi connectivity index (χ0n) is 10.1. The van der Waals surface area contributed by atoms with Crippen LogP contribution in [0.25, 0.3) is 0 Å². The molecule has 0 fully saturated rings. The Balaban J connectivity index is 1.79. The maximum Gasteiger partial charge on any atom is 0.248 e. The van der Waals surface area contributed by atoms with Crippen LogP contribution in [0.1, 0.15) is 21.7 Å². The van der Waals surface area contributed by atoms with Crippen LogP contribution in [0.3, 0.4) is 0 Å². The molecule has 4 heteroatoms. The molecule has 1 heterocycles. The molecule has 18 heavy (non-hydrogen) atoms. The topological polar surface area (TPSA) is 68.3 Å². The van der Waals surface area contributed by atoms with Crippen LogP contribution in [0.4, 0.5) is 0 Å². The van der Waals surface area contributed by atoms with Crippen molar-refractivity contribution in [2.24, 2.45) is 5.73 Å². The number of nitrogens with two attached hydrogens (primary N) is 1. The molecule has 2 aromatic rings. The van der Waals surface area contributed by atoms with Gasteiger partial charge in [-0.15, -0.1) is 0 Å². The van der Waals surface area contributed by atoms with Crippen LogP contribution in [0.5, 0.6) is 0 Å². The highest BCUT2D eigenvalue weighted by molar-refractivity contribution is 5.92. The Morgan fingerprint density at radius 3 is 2.89 bits per heavy atom. The molecule has 0 aliphatic heterocycles. The van der Waals surface area contributed by atoms with Gasteiger partial charge in [-0.3, -0.25) is 4.79 Å². The van der Waals surface area contributed by atoms with Crippen LogP contribution in [-0.4, -0.2) is 12.5 Å². The summed E-state index contributed by atoms with van der Waals surface area (Å²) in [6.07, 6.45) is 2.52. The summed E-state index contributed by atoms with van der Waals surface area (Å²) in [5.41, 5.74) is 6.82. The van der Waals surface area contributed by atoms with Gasteiger partial charge in [0.25, 0.3) is 0 Å². The third-order valence-corrected chi connectivity index (χ3v) is 2.67. The molecule has 1 amide bonds. The van der Waals surface area contributed by atoms with Crippen LogP contribution in [0.15, 0.2) is 47.1 Å². The van der Waals surface area contributed by atoms with E-state index in [0.29, 0.717) is 12.1 Å². The summed E-state index contributed by atoms with van der Waals surface area (Å²) in [7, 11) is 0. The summed E-state index contributed by atoms with van der Waals surface area (Å²) in [6, 6.07) is 11.2. The Labute approximate surface area is 106 Å². The maximum atomic E-state index is 11.0. The molecule has 0 radical (unpaired) electrons. The second-order valence-electron chi connectivity index (χ2n) is 4.07. The zero-order chi connectivity index (χ0) is 12.8. The van der Waals surface area contributed by atoms with Gasteiger partial charge >= 0.3 is 0 Å². The molecule has 0 aliphatic carbocycles. The van der Waals surface area contributed by atoms with Crippen molar-refractivity contribution < 1.29 is 9.21 Å². The molecule has 0 atom stereocenters. The predicted molar refractivity (Wildman–Crippen MR) is 69.1 cm³/mol. The summed E-state index contributed by atoms with van der Waals surface area (Å²) in [6.45, 7) is 1.54. The van der Waals surface area contributed by atoms with Crippen LogP contribution in [0.2, 0.25) is 0 Å². The van der Waals surface area contributed by atoms with Gasteiger partial charge in [0.2, 0.25) is 5.91 Å². The molecule has 0 aliphatic rings. The van der Waals surface area contributed by atoms with Gasteiger partial charge in [-0.1, -0.05) is 12.1 Å². The molecule has 0 saturated carbocycles. The molecule has 1 aromatic heterocycles. The third kappa shape index (κ3) is 3.46. The van der Waals surface area contributed by atoms with E-state index in [1.807, 2.05) is 30.3 Å². The molecule has 94 valence electrons. The highest BCUT2D eigenvalue weighted by Gasteiger charge is 2.01. The monoisotopic (exact) mass is 244 g/mol. The Kier molecular flexibility index (Phi) is 4.15. The van der Waals surface area contributed by atoms with Crippen molar-refractivity contribution in [1.29, 1.82) is 0 Å². The summed E-state index contributed by atoms with van der Waals surface area (Å²) in [5.74, 6) is 0.570. The number of hydrogen-bond donors (Lipinski definition) is 2. The number of amides is 1. The summed E-state index contributed by atoms with van der Waals surface area (Å²) in [4.78, 5) is 11.0. The van der Waals surface area contributed by atoms with Crippen molar-refractivity contribution in [2.45, 2.75) is 13.0 Å². The van der Waals surface area contributed by atoms with E-state index in [1.54, 1.807) is 12.3 Å². The number of carbonyl (C=O) groups is 1. The van der Waals surface area contributed by atoms with Crippen molar-refractivity contribution in [3.63, 3.8) is 0 Å². The molecule has 0 saturated heterocycles. The Bertz CT molecular complexity index is 506. The van der Waals surface area contributed by atoms with Crippen LogP contribution in [0, 0.1) is 0 Å². The van der Waals surface area contributed by atoms with Crippen molar-refractivity contribution in [3.05, 3.63) is 59.5 Å². The first kappa shape index (κ1) is 12.4. The van der Waals surface area contributed by atoms with Gasteiger partial charge in [0.15, 0.2) is 0 Å². The number of hydrogen-bond acceptors (Lipinski definition) is 3. The number of rotatable bonds is 6. The molecule has 3 N–H and O–H groups in total. The van der Waals surface area contributed by atoms with Gasteiger partial charge in [-0.2, -0.15) is 0 Å². The first-order valence-corrected chi connectivity index (χ1v) is 5.87. The van der Waals surface area contributed by atoms with Crippen molar-refractivity contribution in [2.75, 3.05) is 6.54 Å². The van der Waals surface area contributed by atoms with E-state index < -0.39 is 5.91 Å². The second-order valence-corrected chi connectivity index (χ2v) is 4.07. The number of benzene rings is 1. The number of nitrogens with one attached hydrogen (secondary N) is 1. The Hall–Kier alpha value is -2.07. The Morgan fingerprint density at radius 1 is 1.28 bits per heavy atom. The van der Waals surface area contributed by atoms with Gasteiger partial charge in [-0.25, -0.2) is 0 Å². The van der Waals surface area contributed by atoms with Crippen LogP contribution in [-0.2, 0) is 13.0 Å². The maximum absolute atomic E-state index is 11.0. The van der Waals surface area contributed by atoms with Gasteiger partial charge in [0.1, 0.15) is 5.76 Å². The van der Waals surface area contributed by atoms with Crippen LogP contribution >= 0.6 is 0 Å². The molecule has 2 rings (SSSR count). The highest BCUT2D eigenvalue weighted by atomic mass is 16.3. The lowest BCUT2D eigenvalue weighted by Crippen LogP contribution is -2.17. The minimum absolute atomic E-state index is 0.396. The van der Waals surface area contributed by atoms with E-state index in [-0.39, 0.29) is 0 Å². The Morgan fingerprint density at radius 2 is 2.17 bits per heavy atom. The third-order valence-electron chi connectivity index (χ3n) is 2.67. The molecule has 4 nitrogen and oxygen atoms in total. The van der Waals surface area contributed by atoms with Crippen molar-refractivity contribution in [1.82, 2.24) is 5.32 Å². The first-order chi connectivity index (χ1) is 8.75. The minimum Gasteiger partial charge on any atom is -0.469 e. The predicted octanol–water partition coefficient (Wildman–Crippen LogP) is 1.71. The number of primary amides is 1. The molecule has 1 aromatic carbocycles. The SMILES string of the molecule is NC(=O)c1cccc(CNCCc2ccco2)c1. The van der Waals surface area contributed by atoms with E-state index in [0.717, 1.165) is 24.3 Å². The fourth-order valence-corrected chi connectivity index (χ4v) is 1.73. The lowest BCUT2D eigenvalue weighted by Gasteiger charge is -2.05. The van der Waals surface area contributed by atoms with Gasteiger partial charge in [0, 0.05) is 25.1 Å². The fourth-order valence-electron chi connectivity index (χ4n) is 1.73. The molecular formula is C14H16N2O2. The van der Waals surface area contributed by atoms with E-state index in [9.17, 15) is 4.79 Å². The van der Waals surface area contributed by atoms with Crippen molar-refractivity contribution in [3.8, 4) is 0 Å². The highest BCUT2D eigenvalue weighted by Crippen LogP contribution is 2.05. The van der Waals surface area contributed by atoms with Crippen LogP contribution < -0.4 is 11.1 Å². The average molecular weight is 244 g/mol. The minimum atomic E-state index is -0.396. The largest absolute Gasteiger partial charge is 0.469 e. The summed E-state index contributed by atoms with van der Waals surface area (Å²) < 4.78 is 5.24. The van der Waals surface area contributed by atoms with E-state index in [2.05, 4.69) is 5.32 Å². The van der Waals surface area contributed by atoms with E-state index >= 15 is 0 Å². The van der Waals surface area contributed by atoms with Gasteiger partial charge in [-0.05, 0) is 29.8 Å². The lowest BCUT2D eigenvalue weighted by atomic mass is 10.1. The first-order valence-electron chi connectivity index (χ1n) is 5.87. The zero-order valence-corrected chi connectivity index (χ0v) is 10.1. The number of furan rings is 1.